The molecule has 0 aliphatic rings. The van der Waals surface area contributed by atoms with Gasteiger partial charge in [-0.15, -0.1) is 0 Å². The highest BCUT2D eigenvalue weighted by molar-refractivity contribution is 7.89. The average molecular weight is 266 g/mol. The molecular weight excluding hydrogens is 240 g/mol. The fourth-order valence-corrected chi connectivity index (χ4v) is 2.57. The van der Waals surface area contributed by atoms with Crippen molar-refractivity contribution in [3.05, 3.63) is 0 Å². The molecule has 0 atom stereocenters. The van der Waals surface area contributed by atoms with Crippen molar-refractivity contribution in [3.63, 3.8) is 0 Å². The third-order valence-corrected chi connectivity index (χ3v) is 3.83. The minimum Gasteiger partial charge on any atom is -0.385 e. The lowest BCUT2D eigenvalue weighted by Gasteiger charge is -2.06. The van der Waals surface area contributed by atoms with Crippen molar-refractivity contribution in [2.45, 2.75) is 32.6 Å². The number of rotatable bonds is 12. The van der Waals surface area contributed by atoms with Gasteiger partial charge in [0.15, 0.2) is 0 Å². The van der Waals surface area contributed by atoms with Crippen LogP contribution in [0.4, 0.5) is 0 Å². The van der Waals surface area contributed by atoms with Crippen molar-refractivity contribution in [3.8, 4) is 0 Å². The van der Waals surface area contributed by atoms with Crippen LogP contribution in [0.15, 0.2) is 0 Å². The number of methoxy groups -OCH3 is 1. The summed E-state index contributed by atoms with van der Waals surface area (Å²) in [6.45, 7) is 5.06. The van der Waals surface area contributed by atoms with Crippen LogP contribution in [0.1, 0.15) is 32.6 Å². The standard InChI is InChI=1S/C11H26N2O3S/c1-3-12-8-5-7-11-17(14,15)13-9-4-6-10-16-2/h12-13H,3-11H2,1-2H3. The predicted octanol–water partition coefficient (Wildman–Crippen LogP) is 0.722. The van der Waals surface area contributed by atoms with E-state index in [9.17, 15) is 8.42 Å². The average Bonchev–Trinajstić information content (AvgIpc) is 2.28. The van der Waals surface area contributed by atoms with Crippen LogP contribution in [-0.4, -0.2) is 47.5 Å². The molecule has 6 heteroatoms. The summed E-state index contributed by atoms with van der Waals surface area (Å²) in [6.07, 6.45) is 3.32. The largest absolute Gasteiger partial charge is 0.385 e. The summed E-state index contributed by atoms with van der Waals surface area (Å²) in [5.41, 5.74) is 0. The van der Waals surface area contributed by atoms with Crippen LogP contribution < -0.4 is 10.0 Å². The molecule has 0 aromatic rings. The molecule has 0 aromatic heterocycles. The van der Waals surface area contributed by atoms with Crippen LogP contribution in [0.5, 0.6) is 0 Å². The first-order valence-corrected chi connectivity index (χ1v) is 7.94. The molecule has 104 valence electrons. The Kier molecular flexibility index (Phi) is 10.8. The first-order chi connectivity index (χ1) is 8.12. The summed E-state index contributed by atoms with van der Waals surface area (Å²) in [4.78, 5) is 0. The van der Waals surface area contributed by atoms with Gasteiger partial charge in [-0.2, -0.15) is 0 Å². The minimum atomic E-state index is -3.07. The van der Waals surface area contributed by atoms with E-state index < -0.39 is 10.0 Å². The van der Waals surface area contributed by atoms with Crippen LogP contribution in [0.2, 0.25) is 0 Å². The maximum Gasteiger partial charge on any atom is 0.211 e. The van der Waals surface area contributed by atoms with Gasteiger partial charge in [0.1, 0.15) is 0 Å². The molecule has 5 nitrogen and oxygen atoms in total. The normalized spacial score (nSPS) is 11.9. The van der Waals surface area contributed by atoms with Gasteiger partial charge in [0.05, 0.1) is 5.75 Å². The molecule has 0 aliphatic heterocycles. The SMILES string of the molecule is CCNCCCCS(=O)(=O)NCCCCOC. The minimum absolute atomic E-state index is 0.225. The van der Waals surface area contributed by atoms with E-state index in [0.717, 1.165) is 32.4 Å². The molecule has 0 heterocycles. The molecule has 0 amide bonds. The predicted molar refractivity (Wildman–Crippen MR) is 70.7 cm³/mol. The summed E-state index contributed by atoms with van der Waals surface area (Å²) in [5.74, 6) is 0.225. The first-order valence-electron chi connectivity index (χ1n) is 6.29. The summed E-state index contributed by atoms with van der Waals surface area (Å²) < 4.78 is 30.6. The van der Waals surface area contributed by atoms with E-state index in [1.807, 2.05) is 6.92 Å². The molecule has 0 radical (unpaired) electrons. The van der Waals surface area contributed by atoms with E-state index in [-0.39, 0.29) is 5.75 Å². The molecule has 17 heavy (non-hydrogen) atoms. The van der Waals surface area contributed by atoms with Crippen LogP contribution in [0, 0.1) is 0 Å². The molecule has 2 N–H and O–H groups in total. The Hall–Kier alpha value is -0.170. The smallest absolute Gasteiger partial charge is 0.211 e. The van der Waals surface area contributed by atoms with Gasteiger partial charge in [0, 0.05) is 20.3 Å². The van der Waals surface area contributed by atoms with Crippen molar-refractivity contribution in [1.82, 2.24) is 10.0 Å². The zero-order valence-corrected chi connectivity index (χ0v) is 11.8. The maximum absolute atomic E-state index is 11.5. The number of unbranched alkanes of at least 4 members (excludes halogenated alkanes) is 2. The summed E-state index contributed by atoms with van der Waals surface area (Å²) in [6, 6.07) is 0. The van der Waals surface area contributed by atoms with Gasteiger partial charge in [-0.05, 0) is 38.8 Å². The first kappa shape index (κ1) is 16.8. The van der Waals surface area contributed by atoms with Gasteiger partial charge in [0.2, 0.25) is 10.0 Å². The second-order valence-electron chi connectivity index (χ2n) is 3.97. The van der Waals surface area contributed by atoms with Gasteiger partial charge in [-0.3, -0.25) is 0 Å². The highest BCUT2D eigenvalue weighted by atomic mass is 32.2. The fourth-order valence-electron chi connectivity index (χ4n) is 1.39. The Morgan fingerprint density at radius 3 is 2.41 bits per heavy atom. The van der Waals surface area contributed by atoms with Crippen LogP contribution in [0.25, 0.3) is 0 Å². The molecule has 0 bridgehead atoms. The van der Waals surface area contributed by atoms with Gasteiger partial charge in [-0.1, -0.05) is 6.92 Å². The van der Waals surface area contributed by atoms with Crippen molar-refractivity contribution >= 4 is 10.0 Å². The summed E-state index contributed by atoms with van der Waals surface area (Å²) >= 11 is 0. The number of ether oxygens (including phenoxy) is 1. The second-order valence-corrected chi connectivity index (χ2v) is 5.90. The highest BCUT2D eigenvalue weighted by Crippen LogP contribution is 1.95. The van der Waals surface area contributed by atoms with E-state index in [4.69, 9.17) is 4.74 Å². The van der Waals surface area contributed by atoms with Gasteiger partial charge in [-0.25, -0.2) is 13.1 Å². The monoisotopic (exact) mass is 266 g/mol. The van der Waals surface area contributed by atoms with Crippen molar-refractivity contribution in [2.75, 3.05) is 39.1 Å². The molecule has 0 spiro atoms. The van der Waals surface area contributed by atoms with Gasteiger partial charge >= 0.3 is 0 Å². The van der Waals surface area contributed by atoms with Gasteiger partial charge in [0.25, 0.3) is 0 Å². The summed E-state index contributed by atoms with van der Waals surface area (Å²) in [7, 11) is -1.43. The number of hydrogen-bond donors (Lipinski definition) is 2. The van der Waals surface area contributed by atoms with Crippen LogP contribution in [0.3, 0.4) is 0 Å². The third-order valence-electron chi connectivity index (χ3n) is 2.36. The molecule has 0 fully saturated rings. The molecule has 0 saturated carbocycles. The number of sulfonamides is 1. The maximum atomic E-state index is 11.5. The zero-order chi connectivity index (χ0) is 13.0. The Balaban J connectivity index is 3.46. The highest BCUT2D eigenvalue weighted by Gasteiger charge is 2.08. The molecule has 0 aliphatic carbocycles. The van der Waals surface area contributed by atoms with Crippen molar-refractivity contribution in [1.29, 1.82) is 0 Å². The Labute approximate surface area is 105 Å². The molecule has 0 aromatic carbocycles. The van der Waals surface area contributed by atoms with E-state index >= 15 is 0 Å². The fraction of sp³-hybridized carbons (Fsp3) is 1.00. The second kappa shape index (κ2) is 11.0. The van der Waals surface area contributed by atoms with E-state index in [1.165, 1.54) is 0 Å². The zero-order valence-electron chi connectivity index (χ0n) is 11.0. The molecule has 0 saturated heterocycles. The lowest BCUT2D eigenvalue weighted by molar-refractivity contribution is 0.193. The lowest BCUT2D eigenvalue weighted by Crippen LogP contribution is -2.28. The lowest BCUT2D eigenvalue weighted by atomic mass is 10.3. The third kappa shape index (κ3) is 12.1. The topological polar surface area (TPSA) is 67.4 Å². The van der Waals surface area contributed by atoms with Gasteiger partial charge < -0.3 is 10.1 Å². The number of nitrogens with one attached hydrogen (secondary N) is 2. The van der Waals surface area contributed by atoms with Crippen LogP contribution in [-0.2, 0) is 14.8 Å². The Morgan fingerprint density at radius 2 is 1.76 bits per heavy atom. The quantitative estimate of drug-likeness (QED) is 0.511. The van der Waals surface area contributed by atoms with Crippen molar-refractivity contribution in [2.24, 2.45) is 0 Å². The summed E-state index contributed by atoms with van der Waals surface area (Å²) in [5, 5.41) is 3.17. The van der Waals surface area contributed by atoms with Crippen LogP contribution >= 0.6 is 0 Å². The van der Waals surface area contributed by atoms with E-state index in [0.29, 0.717) is 19.6 Å². The Bertz CT molecular complexity index is 235. The molecule has 0 rings (SSSR count). The molecule has 0 unspecified atom stereocenters. The van der Waals surface area contributed by atoms with E-state index in [1.54, 1.807) is 7.11 Å². The molecular formula is C11H26N2O3S. The van der Waals surface area contributed by atoms with E-state index in [2.05, 4.69) is 10.0 Å². The van der Waals surface area contributed by atoms with Crippen molar-refractivity contribution < 1.29 is 13.2 Å². The number of hydrogen-bond acceptors (Lipinski definition) is 4. The Morgan fingerprint density at radius 1 is 1.06 bits per heavy atom.